The second kappa shape index (κ2) is 3.76. The van der Waals surface area contributed by atoms with Crippen LogP contribution >= 0.6 is 8.38 Å². The van der Waals surface area contributed by atoms with Crippen LogP contribution in [-0.2, 0) is 0 Å². The summed E-state index contributed by atoms with van der Waals surface area (Å²) in [5, 5.41) is 0.454. The van der Waals surface area contributed by atoms with Gasteiger partial charge < -0.3 is 9.79 Å². The SMILES string of the molecule is CC(=O)c1ccc(P(O)O)cc1. The van der Waals surface area contributed by atoms with Gasteiger partial charge in [-0.1, -0.05) is 12.1 Å². The van der Waals surface area contributed by atoms with Crippen molar-refractivity contribution in [2.75, 3.05) is 0 Å². The molecular weight excluding hydrogens is 175 g/mol. The molecule has 0 fully saturated rings. The summed E-state index contributed by atoms with van der Waals surface area (Å²) in [6.45, 7) is 1.47. The molecule has 4 heteroatoms. The van der Waals surface area contributed by atoms with Crippen molar-refractivity contribution in [1.29, 1.82) is 0 Å². The minimum absolute atomic E-state index is 0.0262. The number of carbonyl (C=O) groups excluding carboxylic acids is 1. The smallest absolute Gasteiger partial charge is 0.199 e. The highest BCUT2D eigenvalue weighted by atomic mass is 31.2. The van der Waals surface area contributed by atoms with Crippen LogP contribution in [0.15, 0.2) is 24.3 Å². The van der Waals surface area contributed by atoms with Gasteiger partial charge >= 0.3 is 0 Å². The maximum Gasteiger partial charge on any atom is 0.199 e. The molecule has 0 bridgehead atoms. The standard InChI is InChI=1S/C8H9O3P/c1-6(9)7-2-4-8(5-3-7)12(10)11/h2-5,10-11H,1H3. The first-order valence-corrected chi connectivity index (χ1v) is 4.65. The lowest BCUT2D eigenvalue weighted by atomic mass is 10.2. The zero-order valence-electron chi connectivity index (χ0n) is 6.56. The molecule has 0 spiro atoms. The second-order valence-corrected chi connectivity index (χ2v) is 3.49. The lowest BCUT2D eigenvalue weighted by molar-refractivity contribution is 0.101. The van der Waals surface area contributed by atoms with Gasteiger partial charge in [0.05, 0.1) is 0 Å². The molecule has 0 aromatic heterocycles. The van der Waals surface area contributed by atoms with E-state index in [0.717, 1.165) is 0 Å². The Morgan fingerprint density at radius 2 is 1.75 bits per heavy atom. The first kappa shape index (κ1) is 9.33. The second-order valence-electron chi connectivity index (χ2n) is 2.39. The van der Waals surface area contributed by atoms with Crippen molar-refractivity contribution in [2.45, 2.75) is 6.92 Å². The first-order chi connectivity index (χ1) is 5.61. The summed E-state index contributed by atoms with van der Waals surface area (Å²) in [4.78, 5) is 28.4. The van der Waals surface area contributed by atoms with Crippen molar-refractivity contribution >= 4 is 19.5 Å². The van der Waals surface area contributed by atoms with E-state index >= 15 is 0 Å². The molecule has 0 aliphatic carbocycles. The molecule has 64 valence electrons. The van der Waals surface area contributed by atoms with Crippen LogP contribution in [0, 0.1) is 0 Å². The Bertz CT molecular complexity index is 279. The van der Waals surface area contributed by atoms with Gasteiger partial charge in [-0.3, -0.25) is 4.79 Å². The van der Waals surface area contributed by atoms with E-state index < -0.39 is 8.38 Å². The van der Waals surface area contributed by atoms with Gasteiger partial charge in [0, 0.05) is 10.9 Å². The quantitative estimate of drug-likeness (QED) is 0.528. The Hall–Kier alpha value is -0.760. The molecule has 0 atom stereocenters. The first-order valence-electron chi connectivity index (χ1n) is 3.40. The number of rotatable bonds is 2. The Morgan fingerprint density at radius 3 is 2.08 bits per heavy atom. The van der Waals surface area contributed by atoms with Crippen LogP contribution in [0.2, 0.25) is 0 Å². The van der Waals surface area contributed by atoms with E-state index in [1.807, 2.05) is 0 Å². The minimum atomic E-state index is -2.04. The average molecular weight is 184 g/mol. The fraction of sp³-hybridized carbons (Fsp3) is 0.125. The molecular formula is C8H9O3P. The monoisotopic (exact) mass is 184 g/mol. The number of Topliss-reactive ketones (excluding diaryl/α,β-unsaturated/α-hetero) is 1. The van der Waals surface area contributed by atoms with Crippen molar-refractivity contribution in [2.24, 2.45) is 0 Å². The van der Waals surface area contributed by atoms with Crippen molar-refractivity contribution in [1.82, 2.24) is 0 Å². The number of hydrogen-bond donors (Lipinski definition) is 2. The molecule has 0 unspecified atom stereocenters. The highest BCUT2D eigenvalue weighted by Crippen LogP contribution is 2.21. The van der Waals surface area contributed by atoms with Gasteiger partial charge in [-0.25, -0.2) is 0 Å². The fourth-order valence-corrected chi connectivity index (χ4v) is 1.25. The fourth-order valence-electron chi connectivity index (χ4n) is 0.829. The molecule has 0 radical (unpaired) electrons. The molecule has 1 aromatic rings. The van der Waals surface area contributed by atoms with Crippen LogP contribution in [0.1, 0.15) is 17.3 Å². The van der Waals surface area contributed by atoms with Crippen molar-refractivity contribution in [3.63, 3.8) is 0 Å². The maximum absolute atomic E-state index is 10.8. The Balaban J connectivity index is 2.93. The largest absolute Gasteiger partial charge is 0.347 e. The summed E-state index contributed by atoms with van der Waals surface area (Å²) in [5.41, 5.74) is 0.579. The Morgan fingerprint density at radius 1 is 1.25 bits per heavy atom. The molecule has 12 heavy (non-hydrogen) atoms. The summed E-state index contributed by atoms with van der Waals surface area (Å²) >= 11 is 0. The third-order valence-electron chi connectivity index (χ3n) is 1.50. The maximum atomic E-state index is 10.8. The molecule has 0 aliphatic rings. The molecule has 0 saturated heterocycles. The average Bonchev–Trinajstić information content (AvgIpc) is 2.04. The van der Waals surface area contributed by atoms with Gasteiger partial charge in [-0.05, 0) is 19.1 Å². The van der Waals surface area contributed by atoms with E-state index in [9.17, 15) is 4.79 Å². The molecule has 1 aromatic carbocycles. The lowest BCUT2D eigenvalue weighted by Crippen LogP contribution is -2.01. The van der Waals surface area contributed by atoms with E-state index in [1.165, 1.54) is 6.92 Å². The third-order valence-corrected chi connectivity index (χ3v) is 2.26. The molecule has 0 saturated carbocycles. The number of ketones is 1. The van der Waals surface area contributed by atoms with E-state index in [1.54, 1.807) is 24.3 Å². The normalized spacial score (nSPS) is 10.3. The summed E-state index contributed by atoms with van der Waals surface area (Å²) in [7, 11) is -2.04. The van der Waals surface area contributed by atoms with Gasteiger partial charge in [-0.15, -0.1) is 0 Å². The number of carbonyl (C=O) groups is 1. The molecule has 1 rings (SSSR count). The van der Waals surface area contributed by atoms with Gasteiger partial charge in [-0.2, -0.15) is 0 Å². The lowest BCUT2D eigenvalue weighted by Gasteiger charge is -2.01. The predicted octanol–water partition coefficient (Wildman–Crippen LogP) is 0.811. The minimum Gasteiger partial charge on any atom is -0.347 e. The number of hydrogen-bond acceptors (Lipinski definition) is 3. The summed E-state index contributed by atoms with van der Waals surface area (Å²) < 4.78 is 0. The van der Waals surface area contributed by atoms with Crippen molar-refractivity contribution in [3.8, 4) is 0 Å². The highest BCUT2D eigenvalue weighted by Gasteiger charge is 2.04. The molecule has 0 amide bonds. The zero-order valence-corrected chi connectivity index (χ0v) is 7.45. The van der Waals surface area contributed by atoms with Crippen LogP contribution in [0.4, 0.5) is 0 Å². The van der Waals surface area contributed by atoms with Crippen molar-refractivity contribution < 1.29 is 14.6 Å². The molecule has 0 aliphatic heterocycles. The summed E-state index contributed by atoms with van der Waals surface area (Å²) in [6.07, 6.45) is 0. The van der Waals surface area contributed by atoms with Gasteiger partial charge in [0.25, 0.3) is 0 Å². The van der Waals surface area contributed by atoms with Gasteiger partial charge in [0.2, 0.25) is 0 Å². The molecule has 2 N–H and O–H groups in total. The summed E-state index contributed by atoms with van der Waals surface area (Å²) in [5.74, 6) is -0.0262. The predicted molar refractivity (Wildman–Crippen MR) is 47.4 cm³/mol. The van der Waals surface area contributed by atoms with Crippen LogP contribution in [0.25, 0.3) is 0 Å². The van der Waals surface area contributed by atoms with E-state index in [4.69, 9.17) is 9.79 Å². The molecule has 3 nitrogen and oxygen atoms in total. The van der Waals surface area contributed by atoms with E-state index in [0.29, 0.717) is 10.9 Å². The van der Waals surface area contributed by atoms with E-state index in [2.05, 4.69) is 0 Å². The van der Waals surface area contributed by atoms with Crippen LogP contribution < -0.4 is 5.30 Å². The van der Waals surface area contributed by atoms with Crippen LogP contribution in [0.3, 0.4) is 0 Å². The zero-order chi connectivity index (χ0) is 9.14. The summed E-state index contributed by atoms with van der Waals surface area (Å²) in [6, 6.07) is 6.25. The van der Waals surface area contributed by atoms with Gasteiger partial charge in [0.15, 0.2) is 14.2 Å². The van der Waals surface area contributed by atoms with Gasteiger partial charge in [0.1, 0.15) is 0 Å². The Kier molecular flexibility index (Phi) is 2.93. The highest BCUT2D eigenvalue weighted by molar-refractivity contribution is 7.54. The van der Waals surface area contributed by atoms with E-state index in [-0.39, 0.29) is 5.78 Å². The molecule has 0 heterocycles. The Labute approximate surface area is 71.6 Å². The topological polar surface area (TPSA) is 57.5 Å². The third kappa shape index (κ3) is 2.11. The number of benzene rings is 1. The van der Waals surface area contributed by atoms with Crippen LogP contribution in [-0.4, -0.2) is 15.6 Å². The van der Waals surface area contributed by atoms with Crippen LogP contribution in [0.5, 0.6) is 0 Å². The van der Waals surface area contributed by atoms with Crippen molar-refractivity contribution in [3.05, 3.63) is 29.8 Å².